The first-order valence-electron chi connectivity index (χ1n) is 7.01. The van der Waals surface area contributed by atoms with E-state index in [1.54, 1.807) is 11.4 Å². The summed E-state index contributed by atoms with van der Waals surface area (Å²) in [5.41, 5.74) is 3.72. The normalized spacial score (nSPS) is 10.7. The van der Waals surface area contributed by atoms with E-state index in [0.29, 0.717) is 10.7 Å². The number of anilines is 1. The average molecular weight is 345 g/mol. The predicted molar refractivity (Wildman–Crippen MR) is 94.4 cm³/mol. The minimum absolute atomic E-state index is 0.0807. The Morgan fingerprint density at radius 2 is 2.09 bits per heavy atom. The van der Waals surface area contributed by atoms with Crippen molar-refractivity contribution in [2.24, 2.45) is 0 Å². The number of thiazole rings is 1. The number of nitrogens with one attached hydrogen (secondary N) is 2. The number of hydrogen-bond donors (Lipinski definition) is 2. The molecule has 2 amide bonds. The van der Waals surface area contributed by atoms with Crippen LogP contribution in [0.3, 0.4) is 0 Å². The first kappa shape index (κ1) is 15.6. The van der Waals surface area contributed by atoms with Crippen molar-refractivity contribution in [2.45, 2.75) is 13.8 Å². The van der Waals surface area contributed by atoms with Gasteiger partial charge in [0.1, 0.15) is 0 Å². The molecule has 0 aliphatic rings. The van der Waals surface area contributed by atoms with Gasteiger partial charge in [0.05, 0.1) is 16.8 Å². The fourth-order valence-corrected chi connectivity index (χ4v) is 3.94. The van der Waals surface area contributed by atoms with E-state index in [-0.39, 0.29) is 18.4 Å². The molecule has 118 valence electrons. The van der Waals surface area contributed by atoms with E-state index in [4.69, 9.17) is 0 Å². The zero-order chi connectivity index (χ0) is 16.4. The highest BCUT2D eigenvalue weighted by Crippen LogP contribution is 2.29. The smallest absolute Gasteiger partial charge is 0.252 e. The highest BCUT2D eigenvalue weighted by molar-refractivity contribution is 7.22. The van der Waals surface area contributed by atoms with Gasteiger partial charge in [-0.3, -0.25) is 9.59 Å². The summed E-state index contributed by atoms with van der Waals surface area (Å²) in [6, 6.07) is 5.83. The van der Waals surface area contributed by atoms with Crippen molar-refractivity contribution in [3.05, 3.63) is 45.6 Å². The number of amides is 2. The molecule has 2 heterocycles. The molecule has 0 atom stereocenters. The SMILES string of the molecule is Cc1cc(C)c2nc(NC(=O)CNC(=O)c3ccsc3)sc2c1. The number of fused-ring (bicyclic) bond motifs is 1. The van der Waals surface area contributed by atoms with Gasteiger partial charge in [0.15, 0.2) is 5.13 Å². The van der Waals surface area contributed by atoms with Crippen molar-refractivity contribution in [1.29, 1.82) is 0 Å². The number of carbonyl (C=O) groups is 2. The number of aryl methyl sites for hydroxylation is 2. The van der Waals surface area contributed by atoms with E-state index in [1.807, 2.05) is 25.3 Å². The summed E-state index contributed by atoms with van der Waals surface area (Å²) in [7, 11) is 0. The average Bonchev–Trinajstić information content (AvgIpc) is 3.14. The second kappa shape index (κ2) is 6.47. The van der Waals surface area contributed by atoms with Crippen LogP contribution in [-0.2, 0) is 4.79 Å². The number of carbonyl (C=O) groups excluding carboxylic acids is 2. The molecule has 0 aliphatic carbocycles. The van der Waals surface area contributed by atoms with Crippen LogP contribution in [0.25, 0.3) is 10.2 Å². The second-order valence-corrected chi connectivity index (χ2v) is 7.00. The van der Waals surface area contributed by atoms with Crippen LogP contribution in [0.15, 0.2) is 29.0 Å². The number of aromatic nitrogens is 1. The van der Waals surface area contributed by atoms with E-state index in [9.17, 15) is 9.59 Å². The molecule has 2 N–H and O–H groups in total. The van der Waals surface area contributed by atoms with Crippen LogP contribution in [-0.4, -0.2) is 23.3 Å². The maximum atomic E-state index is 12.0. The van der Waals surface area contributed by atoms with Gasteiger partial charge in [0.2, 0.25) is 5.91 Å². The van der Waals surface area contributed by atoms with E-state index in [2.05, 4.69) is 21.7 Å². The van der Waals surface area contributed by atoms with Gasteiger partial charge >= 0.3 is 0 Å². The van der Waals surface area contributed by atoms with Crippen molar-refractivity contribution in [3.8, 4) is 0 Å². The summed E-state index contributed by atoms with van der Waals surface area (Å²) in [6.07, 6.45) is 0. The van der Waals surface area contributed by atoms with Crippen molar-refractivity contribution in [1.82, 2.24) is 10.3 Å². The summed E-state index contributed by atoms with van der Waals surface area (Å²) in [4.78, 5) is 28.2. The Balaban J connectivity index is 1.64. The van der Waals surface area contributed by atoms with Crippen LogP contribution in [0.4, 0.5) is 5.13 Å². The van der Waals surface area contributed by atoms with Crippen molar-refractivity contribution < 1.29 is 9.59 Å². The highest BCUT2D eigenvalue weighted by atomic mass is 32.1. The molecule has 7 heteroatoms. The van der Waals surface area contributed by atoms with Gasteiger partial charge in [-0.15, -0.1) is 0 Å². The summed E-state index contributed by atoms with van der Waals surface area (Å²) >= 11 is 2.87. The van der Waals surface area contributed by atoms with Crippen molar-refractivity contribution >= 4 is 49.8 Å². The molecule has 0 bridgehead atoms. The Bertz CT molecular complexity index is 869. The molecule has 0 unspecified atom stereocenters. The Labute approximate surface area is 141 Å². The quantitative estimate of drug-likeness (QED) is 0.762. The molecule has 0 fully saturated rings. The van der Waals surface area contributed by atoms with Crippen LogP contribution in [0.2, 0.25) is 0 Å². The molecule has 0 spiro atoms. The first-order chi connectivity index (χ1) is 11.0. The molecular formula is C16H15N3O2S2. The fourth-order valence-electron chi connectivity index (χ4n) is 2.24. The van der Waals surface area contributed by atoms with Gasteiger partial charge in [-0.2, -0.15) is 11.3 Å². The van der Waals surface area contributed by atoms with Gasteiger partial charge in [-0.1, -0.05) is 17.4 Å². The number of benzene rings is 1. The van der Waals surface area contributed by atoms with Gasteiger partial charge in [-0.25, -0.2) is 4.98 Å². The third kappa shape index (κ3) is 3.57. The minimum atomic E-state index is -0.290. The molecule has 23 heavy (non-hydrogen) atoms. The monoisotopic (exact) mass is 345 g/mol. The Morgan fingerprint density at radius 3 is 2.83 bits per heavy atom. The lowest BCUT2D eigenvalue weighted by atomic mass is 10.1. The van der Waals surface area contributed by atoms with Crippen LogP contribution in [0.5, 0.6) is 0 Å². The van der Waals surface area contributed by atoms with Gasteiger partial charge < -0.3 is 10.6 Å². The summed E-state index contributed by atoms with van der Waals surface area (Å²) in [6.45, 7) is 3.95. The number of hydrogen-bond acceptors (Lipinski definition) is 5. The second-order valence-electron chi connectivity index (χ2n) is 5.19. The lowest BCUT2D eigenvalue weighted by molar-refractivity contribution is -0.115. The minimum Gasteiger partial charge on any atom is -0.343 e. The fraction of sp³-hybridized carbons (Fsp3) is 0.188. The molecule has 0 saturated heterocycles. The van der Waals surface area contributed by atoms with Gasteiger partial charge in [0, 0.05) is 10.9 Å². The Kier molecular flexibility index (Phi) is 4.40. The first-order valence-corrected chi connectivity index (χ1v) is 8.77. The lowest BCUT2D eigenvalue weighted by Gasteiger charge is -2.03. The standard InChI is InChI=1S/C16H15N3O2S2/c1-9-5-10(2)14-12(6-9)23-16(19-14)18-13(20)7-17-15(21)11-3-4-22-8-11/h3-6,8H,7H2,1-2H3,(H,17,21)(H,18,19,20). The molecule has 0 radical (unpaired) electrons. The van der Waals surface area contributed by atoms with E-state index < -0.39 is 0 Å². The Morgan fingerprint density at radius 1 is 1.26 bits per heavy atom. The van der Waals surface area contributed by atoms with E-state index >= 15 is 0 Å². The maximum Gasteiger partial charge on any atom is 0.252 e. The molecule has 5 nitrogen and oxygen atoms in total. The van der Waals surface area contributed by atoms with Crippen molar-refractivity contribution in [3.63, 3.8) is 0 Å². The van der Waals surface area contributed by atoms with Crippen molar-refractivity contribution in [2.75, 3.05) is 11.9 Å². The van der Waals surface area contributed by atoms with Gasteiger partial charge in [-0.05, 0) is 42.5 Å². The third-order valence-electron chi connectivity index (χ3n) is 3.27. The lowest BCUT2D eigenvalue weighted by Crippen LogP contribution is -2.32. The predicted octanol–water partition coefficient (Wildman–Crippen LogP) is 3.34. The number of thiophene rings is 1. The highest BCUT2D eigenvalue weighted by Gasteiger charge is 2.12. The topological polar surface area (TPSA) is 71.1 Å². The maximum absolute atomic E-state index is 12.0. The molecule has 2 aromatic heterocycles. The molecule has 1 aromatic carbocycles. The van der Waals surface area contributed by atoms with Crippen LogP contribution >= 0.6 is 22.7 Å². The zero-order valence-corrected chi connectivity index (χ0v) is 14.3. The summed E-state index contributed by atoms with van der Waals surface area (Å²) in [5.74, 6) is -0.542. The van der Waals surface area contributed by atoms with E-state index in [1.165, 1.54) is 28.2 Å². The van der Waals surface area contributed by atoms with Crippen LogP contribution < -0.4 is 10.6 Å². The number of rotatable bonds is 4. The summed E-state index contributed by atoms with van der Waals surface area (Å²) < 4.78 is 1.04. The van der Waals surface area contributed by atoms with Crippen LogP contribution in [0.1, 0.15) is 21.5 Å². The Hall–Kier alpha value is -2.25. The molecule has 3 rings (SSSR count). The molecular weight excluding hydrogens is 330 g/mol. The summed E-state index contributed by atoms with van der Waals surface area (Å²) in [5, 5.41) is 9.43. The largest absolute Gasteiger partial charge is 0.343 e. The van der Waals surface area contributed by atoms with E-state index in [0.717, 1.165) is 15.8 Å². The third-order valence-corrected chi connectivity index (χ3v) is 4.87. The number of nitrogens with zero attached hydrogens (tertiary/aromatic N) is 1. The molecule has 0 aliphatic heterocycles. The zero-order valence-electron chi connectivity index (χ0n) is 12.7. The molecule has 0 saturated carbocycles. The molecule has 3 aromatic rings. The van der Waals surface area contributed by atoms with Crippen LogP contribution in [0, 0.1) is 13.8 Å². The van der Waals surface area contributed by atoms with Gasteiger partial charge in [0.25, 0.3) is 5.91 Å².